The molecule has 0 aromatic heterocycles. The second-order valence-corrected chi connectivity index (χ2v) is 6.61. The molecule has 0 saturated carbocycles. The highest BCUT2D eigenvalue weighted by Gasteiger charge is 2.16. The van der Waals surface area contributed by atoms with Gasteiger partial charge in [-0.05, 0) is 60.2 Å². The quantitative estimate of drug-likeness (QED) is 0.290. The highest BCUT2D eigenvalue weighted by atomic mass is 35.5. The van der Waals surface area contributed by atoms with Crippen LogP contribution in [0, 0.1) is 0 Å². The van der Waals surface area contributed by atoms with Gasteiger partial charge in [0.15, 0.2) is 11.5 Å². The van der Waals surface area contributed by atoms with Crippen LogP contribution < -0.4 is 19.6 Å². The summed E-state index contributed by atoms with van der Waals surface area (Å²) in [5.74, 6) is 0.563. The van der Waals surface area contributed by atoms with Crippen molar-refractivity contribution in [2.24, 2.45) is 5.10 Å². The van der Waals surface area contributed by atoms with Crippen molar-refractivity contribution in [2.75, 3.05) is 6.79 Å². The van der Waals surface area contributed by atoms with E-state index >= 15 is 0 Å². The number of carbonyl (C=O) groups is 2. The summed E-state index contributed by atoms with van der Waals surface area (Å²) in [6, 6.07) is 18.2. The van der Waals surface area contributed by atoms with Crippen molar-refractivity contribution in [3.63, 3.8) is 0 Å². The molecular formula is C22H15ClN2O5. The minimum Gasteiger partial charge on any atom is -0.454 e. The molecule has 0 fully saturated rings. The molecule has 0 saturated heterocycles. The second kappa shape index (κ2) is 8.67. The molecule has 3 aromatic carbocycles. The van der Waals surface area contributed by atoms with Gasteiger partial charge in [-0.15, -0.1) is 0 Å². The van der Waals surface area contributed by atoms with Gasteiger partial charge >= 0.3 is 5.97 Å². The topological polar surface area (TPSA) is 86.2 Å². The third kappa shape index (κ3) is 4.42. The zero-order chi connectivity index (χ0) is 20.9. The summed E-state index contributed by atoms with van der Waals surface area (Å²) >= 11 is 6.00. The summed E-state index contributed by atoms with van der Waals surface area (Å²) in [6.07, 6.45) is 1.48. The molecule has 1 amide bonds. The predicted octanol–water partition coefficient (Wildman–Crippen LogP) is 4.05. The number of nitrogens with zero attached hydrogens (tertiary/aromatic N) is 1. The standard InChI is InChI=1S/C22H15ClN2O5/c23-18-4-2-1-3-17(18)22(27)30-16-8-5-14(6-9-16)12-24-25-21(26)15-7-10-19-20(11-15)29-13-28-19/h1-12H,13H2,(H,25,26)/b24-12+. The summed E-state index contributed by atoms with van der Waals surface area (Å²) in [4.78, 5) is 24.4. The van der Waals surface area contributed by atoms with Gasteiger partial charge < -0.3 is 14.2 Å². The Morgan fingerprint density at radius 1 is 1.00 bits per heavy atom. The fourth-order valence-electron chi connectivity index (χ4n) is 2.68. The number of benzene rings is 3. The zero-order valence-corrected chi connectivity index (χ0v) is 16.3. The van der Waals surface area contributed by atoms with Gasteiger partial charge in [-0.2, -0.15) is 5.10 Å². The maximum absolute atomic E-state index is 12.2. The highest BCUT2D eigenvalue weighted by Crippen LogP contribution is 2.32. The van der Waals surface area contributed by atoms with Crippen LogP contribution in [0.4, 0.5) is 0 Å². The molecule has 0 bridgehead atoms. The van der Waals surface area contributed by atoms with Gasteiger partial charge in [0.05, 0.1) is 16.8 Å². The number of amides is 1. The van der Waals surface area contributed by atoms with E-state index < -0.39 is 5.97 Å². The van der Waals surface area contributed by atoms with E-state index in [0.717, 1.165) is 0 Å². The van der Waals surface area contributed by atoms with E-state index in [1.165, 1.54) is 6.21 Å². The molecule has 1 aliphatic rings. The Morgan fingerprint density at radius 3 is 2.57 bits per heavy atom. The van der Waals surface area contributed by atoms with Crippen molar-refractivity contribution < 1.29 is 23.8 Å². The summed E-state index contributed by atoms with van der Waals surface area (Å²) in [7, 11) is 0. The van der Waals surface area contributed by atoms with Crippen molar-refractivity contribution in [1.82, 2.24) is 5.43 Å². The molecule has 30 heavy (non-hydrogen) atoms. The molecule has 1 heterocycles. The van der Waals surface area contributed by atoms with Gasteiger partial charge in [-0.25, -0.2) is 10.2 Å². The largest absolute Gasteiger partial charge is 0.454 e. The van der Waals surface area contributed by atoms with Gasteiger partial charge in [0.1, 0.15) is 5.75 Å². The molecule has 0 aliphatic carbocycles. The molecule has 0 radical (unpaired) electrons. The van der Waals surface area contributed by atoms with Crippen molar-refractivity contribution in [1.29, 1.82) is 0 Å². The van der Waals surface area contributed by atoms with Crippen LogP contribution in [-0.4, -0.2) is 24.9 Å². The molecule has 0 atom stereocenters. The van der Waals surface area contributed by atoms with Gasteiger partial charge in [0.25, 0.3) is 5.91 Å². The SMILES string of the molecule is O=C(N/N=C/c1ccc(OC(=O)c2ccccc2Cl)cc1)c1ccc2c(c1)OCO2. The third-order valence-electron chi connectivity index (χ3n) is 4.20. The highest BCUT2D eigenvalue weighted by molar-refractivity contribution is 6.33. The summed E-state index contributed by atoms with van der Waals surface area (Å²) < 4.78 is 15.8. The molecule has 150 valence electrons. The predicted molar refractivity (Wildman–Crippen MR) is 110 cm³/mol. The van der Waals surface area contributed by atoms with E-state index in [4.69, 9.17) is 25.8 Å². The Labute approximate surface area is 176 Å². The number of carbonyl (C=O) groups excluding carboxylic acids is 2. The van der Waals surface area contributed by atoms with Gasteiger partial charge in [0, 0.05) is 5.56 Å². The maximum atomic E-state index is 12.2. The number of rotatable bonds is 5. The number of hydrogen-bond donors (Lipinski definition) is 1. The molecule has 1 N–H and O–H groups in total. The van der Waals surface area contributed by atoms with Crippen molar-refractivity contribution in [3.05, 3.63) is 88.4 Å². The second-order valence-electron chi connectivity index (χ2n) is 6.21. The fourth-order valence-corrected chi connectivity index (χ4v) is 2.89. The van der Waals surface area contributed by atoms with Crippen LogP contribution >= 0.6 is 11.6 Å². The van der Waals surface area contributed by atoms with Crippen LogP contribution in [-0.2, 0) is 0 Å². The van der Waals surface area contributed by atoms with E-state index in [-0.39, 0.29) is 18.3 Å². The Morgan fingerprint density at radius 2 is 1.77 bits per heavy atom. The normalized spacial score (nSPS) is 12.0. The number of hydrogen-bond acceptors (Lipinski definition) is 6. The zero-order valence-electron chi connectivity index (χ0n) is 15.5. The molecule has 3 aromatic rings. The average molecular weight is 423 g/mol. The monoisotopic (exact) mass is 422 g/mol. The first kappa shape index (κ1) is 19.5. The molecule has 4 rings (SSSR count). The summed E-state index contributed by atoms with van der Waals surface area (Å²) in [5, 5.41) is 4.26. The average Bonchev–Trinajstić information content (AvgIpc) is 3.23. The van der Waals surface area contributed by atoms with Crippen molar-refractivity contribution in [2.45, 2.75) is 0 Å². The number of hydrazone groups is 1. The lowest BCUT2D eigenvalue weighted by Crippen LogP contribution is -2.17. The number of ether oxygens (including phenoxy) is 3. The smallest absolute Gasteiger partial charge is 0.345 e. The van der Waals surface area contributed by atoms with Crippen molar-refractivity contribution in [3.8, 4) is 17.2 Å². The van der Waals surface area contributed by atoms with E-state index in [1.807, 2.05) is 0 Å². The summed E-state index contributed by atoms with van der Waals surface area (Å²) in [6.45, 7) is 0.141. The number of esters is 1. The van der Waals surface area contributed by atoms with Crippen LogP contribution in [0.1, 0.15) is 26.3 Å². The molecule has 0 unspecified atom stereocenters. The number of halogens is 1. The number of fused-ring (bicyclic) bond motifs is 1. The lowest BCUT2D eigenvalue weighted by molar-refractivity contribution is 0.0734. The molecule has 8 heteroatoms. The minimum atomic E-state index is -0.544. The van der Waals surface area contributed by atoms with E-state index in [2.05, 4.69) is 10.5 Å². The fraction of sp³-hybridized carbons (Fsp3) is 0.0455. The minimum absolute atomic E-state index is 0.141. The van der Waals surface area contributed by atoms with Crippen molar-refractivity contribution >= 4 is 29.7 Å². The van der Waals surface area contributed by atoms with Crippen LogP contribution in [0.3, 0.4) is 0 Å². The Hall–Kier alpha value is -3.84. The first-order valence-corrected chi connectivity index (χ1v) is 9.28. The van der Waals surface area contributed by atoms with Crippen LogP contribution in [0.15, 0.2) is 71.8 Å². The first-order chi connectivity index (χ1) is 14.6. The van der Waals surface area contributed by atoms with Gasteiger partial charge in [0.2, 0.25) is 6.79 Å². The molecule has 1 aliphatic heterocycles. The lowest BCUT2D eigenvalue weighted by atomic mass is 10.2. The molecular weight excluding hydrogens is 408 g/mol. The van der Waals surface area contributed by atoms with Crippen LogP contribution in [0.5, 0.6) is 17.2 Å². The molecule has 0 spiro atoms. The van der Waals surface area contributed by atoms with Crippen LogP contribution in [0.2, 0.25) is 5.02 Å². The van der Waals surface area contributed by atoms with Gasteiger partial charge in [-0.3, -0.25) is 4.79 Å². The Bertz CT molecular complexity index is 1130. The van der Waals surface area contributed by atoms with Crippen LogP contribution in [0.25, 0.3) is 0 Å². The maximum Gasteiger partial charge on any atom is 0.345 e. The lowest BCUT2D eigenvalue weighted by Gasteiger charge is -2.06. The summed E-state index contributed by atoms with van der Waals surface area (Å²) in [5.41, 5.74) is 3.84. The van der Waals surface area contributed by atoms with E-state index in [1.54, 1.807) is 66.7 Å². The van der Waals surface area contributed by atoms with E-state index in [9.17, 15) is 9.59 Å². The first-order valence-electron chi connectivity index (χ1n) is 8.90. The third-order valence-corrected chi connectivity index (χ3v) is 4.53. The van der Waals surface area contributed by atoms with Gasteiger partial charge in [-0.1, -0.05) is 23.7 Å². The number of nitrogens with one attached hydrogen (secondary N) is 1. The Balaban J connectivity index is 1.34. The Kier molecular flexibility index (Phi) is 5.63. The van der Waals surface area contributed by atoms with E-state index in [0.29, 0.717) is 33.4 Å². The molecule has 7 nitrogen and oxygen atoms in total.